The molecule has 3 heteroatoms. The second-order valence-corrected chi connectivity index (χ2v) is 5.48. The second-order valence-electron chi connectivity index (χ2n) is 5.48. The van der Waals surface area contributed by atoms with Crippen molar-refractivity contribution in [2.24, 2.45) is 0 Å². The van der Waals surface area contributed by atoms with Gasteiger partial charge in [-0.2, -0.15) is 5.26 Å². The van der Waals surface area contributed by atoms with Gasteiger partial charge in [0.1, 0.15) is 5.54 Å². The van der Waals surface area contributed by atoms with Gasteiger partial charge in [0, 0.05) is 25.7 Å². The summed E-state index contributed by atoms with van der Waals surface area (Å²) in [5.74, 6) is 0. The van der Waals surface area contributed by atoms with Crippen molar-refractivity contribution in [2.45, 2.75) is 37.4 Å². The van der Waals surface area contributed by atoms with Gasteiger partial charge in [-0.3, -0.25) is 10.2 Å². The molecule has 1 aromatic rings. The van der Waals surface area contributed by atoms with Gasteiger partial charge in [0.15, 0.2) is 0 Å². The SMILES string of the molecule is N#CC1(NCc2ccccc2)CCN(C2CC2)C1. The molecular formula is C15H19N3. The molecule has 0 spiro atoms. The van der Waals surface area contributed by atoms with Crippen LogP contribution < -0.4 is 5.32 Å². The summed E-state index contributed by atoms with van der Waals surface area (Å²) in [6, 6.07) is 13.6. The Morgan fingerprint density at radius 1 is 1.33 bits per heavy atom. The van der Waals surface area contributed by atoms with Crippen LogP contribution in [0.3, 0.4) is 0 Å². The molecule has 0 bridgehead atoms. The molecule has 0 radical (unpaired) electrons. The normalized spacial score (nSPS) is 28.2. The van der Waals surface area contributed by atoms with E-state index in [-0.39, 0.29) is 5.54 Å². The fraction of sp³-hybridized carbons (Fsp3) is 0.533. The van der Waals surface area contributed by atoms with Crippen LogP contribution >= 0.6 is 0 Å². The molecule has 1 heterocycles. The molecule has 1 saturated carbocycles. The molecule has 1 N–H and O–H groups in total. The number of rotatable bonds is 4. The minimum absolute atomic E-state index is 0.335. The molecule has 18 heavy (non-hydrogen) atoms. The molecule has 0 amide bonds. The predicted octanol–water partition coefficient (Wildman–Crippen LogP) is 1.91. The lowest BCUT2D eigenvalue weighted by molar-refractivity contribution is 0.300. The summed E-state index contributed by atoms with van der Waals surface area (Å²) in [6.45, 7) is 2.74. The Balaban J connectivity index is 1.61. The maximum absolute atomic E-state index is 9.48. The van der Waals surface area contributed by atoms with Crippen LogP contribution in [-0.2, 0) is 6.54 Å². The van der Waals surface area contributed by atoms with Gasteiger partial charge in [0.2, 0.25) is 0 Å². The molecule has 1 unspecified atom stereocenters. The molecule has 0 aromatic heterocycles. The Hall–Kier alpha value is -1.37. The molecule has 1 saturated heterocycles. The van der Waals surface area contributed by atoms with Crippen molar-refractivity contribution < 1.29 is 0 Å². The lowest BCUT2D eigenvalue weighted by Crippen LogP contribution is -2.46. The Bertz CT molecular complexity index is 447. The summed E-state index contributed by atoms with van der Waals surface area (Å²) in [5, 5.41) is 12.9. The standard InChI is InChI=1S/C15H19N3/c16-11-15(8-9-18(12-15)14-6-7-14)17-10-13-4-2-1-3-5-13/h1-5,14,17H,6-10,12H2. The summed E-state index contributed by atoms with van der Waals surface area (Å²) in [5.41, 5.74) is 0.912. The Morgan fingerprint density at radius 2 is 2.11 bits per heavy atom. The van der Waals surface area contributed by atoms with Crippen molar-refractivity contribution in [2.75, 3.05) is 13.1 Å². The van der Waals surface area contributed by atoms with Gasteiger partial charge in [-0.25, -0.2) is 0 Å². The molecule has 3 rings (SSSR count). The highest BCUT2D eigenvalue weighted by Crippen LogP contribution is 2.33. The summed E-state index contributed by atoms with van der Waals surface area (Å²) in [4.78, 5) is 2.47. The van der Waals surface area contributed by atoms with Gasteiger partial charge < -0.3 is 0 Å². The van der Waals surface area contributed by atoms with Crippen LogP contribution in [0.2, 0.25) is 0 Å². The first kappa shape index (κ1) is 11.7. The lowest BCUT2D eigenvalue weighted by atomic mass is 10.0. The molecule has 3 nitrogen and oxygen atoms in total. The van der Waals surface area contributed by atoms with Crippen LogP contribution in [0.1, 0.15) is 24.8 Å². The van der Waals surface area contributed by atoms with Gasteiger partial charge in [0.25, 0.3) is 0 Å². The molecule has 1 aromatic carbocycles. The zero-order valence-corrected chi connectivity index (χ0v) is 10.6. The van der Waals surface area contributed by atoms with E-state index in [0.29, 0.717) is 0 Å². The second kappa shape index (κ2) is 4.72. The number of benzene rings is 1. The highest BCUT2D eigenvalue weighted by atomic mass is 15.2. The summed E-state index contributed by atoms with van der Waals surface area (Å²) < 4.78 is 0. The third kappa shape index (κ3) is 2.40. The maximum atomic E-state index is 9.48. The Kier molecular flexibility index (Phi) is 3.07. The molecular weight excluding hydrogens is 222 g/mol. The van der Waals surface area contributed by atoms with E-state index in [1.807, 2.05) is 18.2 Å². The van der Waals surface area contributed by atoms with Gasteiger partial charge in [-0.05, 0) is 24.8 Å². The van der Waals surface area contributed by atoms with Crippen molar-refractivity contribution in [1.82, 2.24) is 10.2 Å². The van der Waals surface area contributed by atoms with E-state index >= 15 is 0 Å². The van der Waals surface area contributed by atoms with Crippen molar-refractivity contribution in [3.63, 3.8) is 0 Å². The number of nitrogens with zero attached hydrogens (tertiary/aromatic N) is 2. The van der Waals surface area contributed by atoms with Crippen molar-refractivity contribution >= 4 is 0 Å². The van der Waals surface area contributed by atoms with Crippen LogP contribution in [0.15, 0.2) is 30.3 Å². The highest BCUT2D eigenvalue weighted by Gasteiger charge is 2.43. The quantitative estimate of drug-likeness (QED) is 0.875. The van der Waals surface area contributed by atoms with Crippen LogP contribution in [0.25, 0.3) is 0 Å². The Labute approximate surface area is 108 Å². The fourth-order valence-electron chi connectivity index (χ4n) is 2.73. The minimum Gasteiger partial charge on any atom is -0.297 e. The largest absolute Gasteiger partial charge is 0.297 e. The number of nitriles is 1. The first-order valence-electron chi connectivity index (χ1n) is 6.76. The molecule has 2 aliphatic rings. The number of likely N-dealkylation sites (tertiary alicyclic amines) is 1. The summed E-state index contributed by atoms with van der Waals surface area (Å²) in [6.07, 6.45) is 3.59. The fourth-order valence-corrected chi connectivity index (χ4v) is 2.73. The molecule has 1 aliphatic carbocycles. The maximum Gasteiger partial charge on any atom is 0.121 e. The van der Waals surface area contributed by atoms with E-state index in [0.717, 1.165) is 32.1 Å². The van der Waals surface area contributed by atoms with Crippen LogP contribution in [0.4, 0.5) is 0 Å². The van der Waals surface area contributed by atoms with Gasteiger partial charge in [-0.15, -0.1) is 0 Å². The number of nitrogens with one attached hydrogen (secondary N) is 1. The number of hydrogen-bond acceptors (Lipinski definition) is 3. The lowest BCUT2D eigenvalue weighted by Gasteiger charge is -2.23. The molecule has 1 aliphatic heterocycles. The zero-order chi connectivity index (χ0) is 12.4. The molecule has 1 atom stereocenters. The highest BCUT2D eigenvalue weighted by molar-refractivity contribution is 5.18. The van der Waals surface area contributed by atoms with E-state index < -0.39 is 0 Å². The zero-order valence-electron chi connectivity index (χ0n) is 10.6. The van der Waals surface area contributed by atoms with Gasteiger partial charge >= 0.3 is 0 Å². The van der Waals surface area contributed by atoms with E-state index in [9.17, 15) is 5.26 Å². The van der Waals surface area contributed by atoms with E-state index in [1.165, 1.54) is 18.4 Å². The first-order chi connectivity index (χ1) is 8.81. The van der Waals surface area contributed by atoms with E-state index in [1.54, 1.807) is 0 Å². The molecule has 2 fully saturated rings. The van der Waals surface area contributed by atoms with Gasteiger partial charge in [0.05, 0.1) is 6.07 Å². The topological polar surface area (TPSA) is 39.1 Å². The number of hydrogen-bond donors (Lipinski definition) is 1. The smallest absolute Gasteiger partial charge is 0.121 e. The monoisotopic (exact) mass is 241 g/mol. The Morgan fingerprint density at radius 3 is 2.78 bits per heavy atom. The van der Waals surface area contributed by atoms with E-state index in [2.05, 4.69) is 28.4 Å². The average Bonchev–Trinajstić information content (AvgIpc) is 3.19. The minimum atomic E-state index is -0.335. The molecule has 94 valence electrons. The third-order valence-electron chi connectivity index (χ3n) is 4.05. The summed E-state index contributed by atoms with van der Waals surface area (Å²) in [7, 11) is 0. The first-order valence-corrected chi connectivity index (χ1v) is 6.76. The van der Waals surface area contributed by atoms with Crippen LogP contribution in [0, 0.1) is 11.3 Å². The van der Waals surface area contributed by atoms with Crippen LogP contribution in [-0.4, -0.2) is 29.6 Å². The van der Waals surface area contributed by atoms with Crippen molar-refractivity contribution in [3.05, 3.63) is 35.9 Å². The predicted molar refractivity (Wildman–Crippen MR) is 70.8 cm³/mol. The van der Waals surface area contributed by atoms with E-state index in [4.69, 9.17) is 0 Å². The van der Waals surface area contributed by atoms with Crippen LogP contribution in [0.5, 0.6) is 0 Å². The van der Waals surface area contributed by atoms with Crippen molar-refractivity contribution in [1.29, 1.82) is 5.26 Å². The average molecular weight is 241 g/mol. The third-order valence-corrected chi connectivity index (χ3v) is 4.05. The summed E-state index contributed by atoms with van der Waals surface area (Å²) >= 11 is 0. The van der Waals surface area contributed by atoms with Gasteiger partial charge in [-0.1, -0.05) is 30.3 Å². The van der Waals surface area contributed by atoms with Crippen molar-refractivity contribution in [3.8, 4) is 6.07 Å².